The summed E-state index contributed by atoms with van der Waals surface area (Å²) >= 11 is 0. The van der Waals surface area contributed by atoms with E-state index in [9.17, 15) is 0 Å². The fourth-order valence-electron chi connectivity index (χ4n) is 4.22. The zero-order valence-electron chi connectivity index (χ0n) is 18.1. The summed E-state index contributed by atoms with van der Waals surface area (Å²) in [6, 6.07) is 0.453. The lowest BCUT2D eigenvalue weighted by atomic mass is 9.98. The van der Waals surface area contributed by atoms with Crippen LogP contribution in [-0.2, 0) is 19.6 Å². The van der Waals surface area contributed by atoms with Crippen molar-refractivity contribution >= 4 is 5.82 Å². The Balaban J connectivity index is 0.00000261. The third-order valence-electron chi connectivity index (χ3n) is 6.14. The summed E-state index contributed by atoms with van der Waals surface area (Å²) < 4.78 is 6.82. The number of aromatic nitrogens is 4. The highest BCUT2D eigenvalue weighted by Crippen LogP contribution is 2.23. The van der Waals surface area contributed by atoms with E-state index in [1.807, 2.05) is 6.20 Å². The average Bonchev–Trinajstić information content (AvgIpc) is 3.19. The van der Waals surface area contributed by atoms with Crippen LogP contribution in [0.15, 0.2) is 24.8 Å². The maximum absolute atomic E-state index is 4.51. The number of rotatable bonds is 4. The van der Waals surface area contributed by atoms with E-state index in [-0.39, 0.29) is 29.5 Å². The number of nitrogens with one attached hydrogen (secondary N) is 1. The van der Waals surface area contributed by atoms with Gasteiger partial charge in [-0.2, -0.15) is 0 Å². The first-order chi connectivity index (χ1) is 12.1. The Labute approximate surface area is 180 Å². The third kappa shape index (κ3) is 3.44. The van der Waals surface area contributed by atoms with Crippen molar-refractivity contribution in [3.63, 3.8) is 0 Å². The molecule has 1 unspecified atom stereocenters. The van der Waals surface area contributed by atoms with Crippen LogP contribution < -0.4 is 38.3 Å². The number of aryl methyl sites for hydroxylation is 1. The molecule has 1 aliphatic rings. The maximum Gasteiger partial charge on any atom is 0.254 e. The van der Waals surface area contributed by atoms with Crippen LogP contribution in [0.3, 0.4) is 0 Å². The third-order valence-corrected chi connectivity index (χ3v) is 6.14. The molecule has 6 nitrogen and oxygen atoms in total. The van der Waals surface area contributed by atoms with Crippen LogP contribution in [-0.4, -0.2) is 20.3 Å². The Morgan fingerprint density at radius 1 is 1.19 bits per heavy atom. The topological polar surface area (TPSA) is 34.3 Å². The van der Waals surface area contributed by atoms with Gasteiger partial charge in [0.05, 0.1) is 31.2 Å². The summed E-state index contributed by atoms with van der Waals surface area (Å²) in [7, 11) is 4.25. The summed E-state index contributed by atoms with van der Waals surface area (Å²) in [5, 5.41) is 0. The van der Waals surface area contributed by atoms with E-state index < -0.39 is 0 Å². The lowest BCUT2D eigenvalue weighted by molar-refractivity contribution is -0.925. The summed E-state index contributed by atoms with van der Waals surface area (Å²) in [4.78, 5) is 8.30. The van der Waals surface area contributed by atoms with Gasteiger partial charge in [0.2, 0.25) is 5.82 Å². The van der Waals surface area contributed by atoms with Gasteiger partial charge in [0.15, 0.2) is 12.4 Å². The number of hydrogen-bond acceptors (Lipinski definition) is 2. The molecule has 0 amide bonds. The smallest absolute Gasteiger partial charge is 0.254 e. The quantitative estimate of drug-likeness (QED) is 0.432. The van der Waals surface area contributed by atoms with Crippen molar-refractivity contribution in [2.24, 2.45) is 14.1 Å². The van der Waals surface area contributed by atoms with Gasteiger partial charge in [0.25, 0.3) is 5.82 Å². The van der Waals surface area contributed by atoms with Gasteiger partial charge in [-0.05, 0) is 34.6 Å². The number of hydrogen-bond donors (Lipinski definition) is 1. The van der Waals surface area contributed by atoms with Crippen LogP contribution in [0.5, 0.6) is 0 Å². The predicted molar refractivity (Wildman–Crippen MR) is 104 cm³/mol. The second-order valence-electron chi connectivity index (χ2n) is 8.32. The summed E-state index contributed by atoms with van der Waals surface area (Å²) in [6.45, 7) is 15.6. The molecule has 3 heterocycles. The highest BCUT2D eigenvalue weighted by molar-refractivity contribution is 5.42. The van der Waals surface area contributed by atoms with E-state index >= 15 is 0 Å². The van der Waals surface area contributed by atoms with E-state index in [0.29, 0.717) is 12.2 Å². The molecule has 3 rings (SSSR count). The standard InChI is InChI=1S/C20H33N6.HI/c1-14(2)25-13-19(23(9)16(25)4)24-10-11-26(17(24)5)20(6,7)18-12-21-15(3)22(18)8;/h10-14,17H,1-9H3;1H/q+1;/t17-;/m1./s1. The summed E-state index contributed by atoms with van der Waals surface area (Å²) in [5.74, 6) is 3.55. The molecule has 0 aromatic carbocycles. The number of nitrogens with zero attached hydrogens (tertiary/aromatic N) is 5. The van der Waals surface area contributed by atoms with Crippen LogP contribution >= 0.6 is 0 Å². The molecule has 2 aromatic heterocycles. The van der Waals surface area contributed by atoms with Crippen molar-refractivity contribution in [3.8, 4) is 0 Å². The van der Waals surface area contributed by atoms with E-state index in [0.717, 1.165) is 5.82 Å². The lowest BCUT2D eigenvalue weighted by Gasteiger charge is -2.35. The molecule has 7 heteroatoms. The fourth-order valence-corrected chi connectivity index (χ4v) is 4.22. The summed E-state index contributed by atoms with van der Waals surface area (Å²) in [6.07, 6.45) is 9.10. The lowest BCUT2D eigenvalue weighted by Crippen LogP contribution is -3.17. The van der Waals surface area contributed by atoms with Crippen molar-refractivity contribution in [1.82, 2.24) is 14.1 Å². The van der Waals surface area contributed by atoms with Gasteiger partial charge >= 0.3 is 0 Å². The molecular weight excluding hydrogens is 451 g/mol. The highest BCUT2D eigenvalue weighted by atomic mass is 127. The monoisotopic (exact) mass is 485 g/mol. The Morgan fingerprint density at radius 3 is 2.30 bits per heavy atom. The van der Waals surface area contributed by atoms with Gasteiger partial charge in [-0.1, -0.05) is 0 Å². The van der Waals surface area contributed by atoms with Gasteiger partial charge < -0.3 is 28.5 Å². The number of quaternary nitrogens is 1. The normalized spacial score (nSPS) is 19.9. The van der Waals surface area contributed by atoms with Gasteiger partial charge in [-0.3, -0.25) is 9.80 Å². The molecule has 0 bridgehead atoms. The molecule has 27 heavy (non-hydrogen) atoms. The first-order valence-corrected chi connectivity index (χ1v) is 9.47. The molecule has 1 N–H and O–H groups in total. The zero-order chi connectivity index (χ0) is 19.4. The van der Waals surface area contributed by atoms with Crippen LogP contribution in [0.1, 0.15) is 58.0 Å². The van der Waals surface area contributed by atoms with Crippen molar-refractivity contribution < 1.29 is 33.4 Å². The molecule has 0 fully saturated rings. The molecule has 1 aliphatic heterocycles. The zero-order valence-corrected chi connectivity index (χ0v) is 20.2. The van der Waals surface area contributed by atoms with Crippen LogP contribution in [0.4, 0.5) is 5.82 Å². The van der Waals surface area contributed by atoms with Crippen LogP contribution in [0.25, 0.3) is 0 Å². The Morgan fingerprint density at radius 2 is 1.81 bits per heavy atom. The minimum atomic E-state index is -0.0745. The van der Waals surface area contributed by atoms with E-state index in [2.05, 4.69) is 105 Å². The summed E-state index contributed by atoms with van der Waals surface area (Å²) in [5.41, 5.74) is 1.18. The Hall–Kier alpha value is -1.35. The first-order valence-electron chi connectivity index (χ1n) is 9.47. The van der Waals surface area contributed by atoms with Crippen LogP contribution in [0, 0.1) is 13.8 Å². The van der Waals surface area contributed by atoms with Gasteiger partial charge in [0, 0.05) is 20.9 Å². The van der Waals surface area contributed by atoms with Crippen molar-refractivity contribution in [3.05, 3.63) is 42.1 Å². The van der Waals surface area contributed by atoms with Crippen LogP contribution in [0.2, 0.25) is 0 Å². The SMILES string of the molecule is Cc1ncc(C(C)(C)[NH+]2C=CN(c3c[n+](C(C)C)c(C)n3C)[C@H]2C)n1C.[I-]. The average molecular weight is 485 g/mol. The van der Waals surface area contributed by atoms with Gasteiger partial charge in [-0.25, -0.2) is 14.1 Å². The number of imidazole rings is 2. The molecule has 0 aliphatic carbocycles. The second kappa shape index (κ2) is 7.58. The van der Waals surface area contributed by atoms with Crippen molar-refractivity contribution in [2.75, 3.05) is 4.90 Å². The molecule has 0 saturated carbocycles. The Bertz CT molecular complexity index is 845. The first kappa shape index (κ1) is 21.9. The minimum Gasteiger partial charge on any atom is -1.00 e. The largest absolute Gasteiger partial charge is 1.00 e. The Kier molecular flexibility index (Phi) is 6.16. The van der Waals surface area contributed by atoms with Gasteiger partial charge in [0.1, 0.15) is 17.6 Å². The highest BCUT2D eigenvalue weighted by Gasteiger charge is 2.44. The fraction of sp³-hybridized carbons (Fsp3) is 0.600. The van der Waals surface area contributed by atoms with E-state index in [4.69, 9.17) is 0 Å². The minimum absolute atomic E-state index is 0. The van der Waals surface area contributed by atoms with Crippen molar-refractivity contribution in [2.45, 2.75) is 66.2 Å². The molecular formula is C20H34IN6+. The number of anilines is 1. The molecule has 2 atom stereocenters. The second-order valence-corrected chi connectivity index (χ2v) is 8.32. The van der Waals surface area contributed by atoms with Gasteiger partial charge in [-0.15, -0.1) is 0 Å². The molecule has 150 valence electrons. The van der Waals surface area contributed by atoms with E-state index in [1.165, 1.54) is 22.2 Å². The van der Waals surface area contributed by atoms with Crippen molar-refractivity contribution in [1.29, 1.82) is 0 Å². The molecule has 2 aromatic rings. The molecule has 0 saturated heterocycles. The maximum atomic E-state index is 4.51. The number of halogens is 1. The molecule has 0 radical (unpaired) electrons. The van der Waals surface area contributed by atoms with E-state index in [1.54, 1.807) is 0 Å². The molecule has 0 spiro atoms. The predicted octanol–water partition coefficient (Wildman–Crippen LogP) is -1.29.